The number of nitrogens with two attached hydrogens (primary N) is 2. The molecule has 46 nitrogen and oxygen atoms in total. The number of hydrogen-bond acceptors (Lipinski definition) is 32. The van der Waals surface area contributed by atoms with Gasteiger partial charge in [-0.15, -0.1) is 0 Å². The molecule has 5 heterocycles. The average molecular weight is 1720 g/mol. The molecule has 112 heavy (non-hydrogen) atoms. The van der Waals surface area contributed by atoms with Gasteiger partial charge in [-0.2, -0.15) is 0 Å². The Morgan fingerprint density at radius 3 is 0.964 bits per heavy atom. The molecular weight excluding hydrogens is 1600 g/mol. The summed E-state index contributed by atoms with van der Waals surface area (Å²) in [6, 6.07) is -4.26. The second-order valence-electron chi connectivity index (χ2n) is 25.5. The number of phosphoric ester groups is 5. The van der Waals surface area contributed by atoms with Gasteiger partial charge in [-0.25, -0.2) is 22.8 Å². The maximum absolute atomic E-state index is 11.8. The van der Waals surface area contributed by atoms with Crippen LogP contribution in [0.1, 0.15) is 41.0 Å². The van der Waals surface area contributed by atoms with Crippen LogP contribution in [0.3, 0.4) is 0 Å². The van der Waals surface area contributed by atoms with Crippen molar-refractivity contribution in [2.24, 2.45) is 16.5 Å². The van der Waals surface area contributed by atoms with Crippen molar-refractivity contribution in [3.05, 3.63) is 0 Å². The van der Waals surface area contributed by atoms with Gasteiger partial charge in [0.05, 0.1) is 63.5 Å². The molecule has 0 spiro atoms. The van der Waals surface area contributed by atoms with Crippen LogP contribution < -0.4 is 22.1 Å². The van der Waals surface area contributed by atoms with Crippen LogP contribution in [0.5, 0.6) is 0 Å². The predicted molar refractivity (Wildman–Crippen MR) is 395 cm³/mol. The quantitative estimate of drug-likeness (QED) is 0.00887. The molecule has 5 rings (SSSR count). The molecule has 10 radical (unpaired) electrons. The fraction of sp³-hybridized carbons (Fsp3) is 0.946. The number of guanidine groups is 1. The third-order valence-electron chi connectivity index (χ3n) is 16.1. The summed E-state index contributed by atoms with van der Waals surface area (Å²) in [6.07, 6.45) is -15.0. The summed E-state index contributed by atoms with van der Waals surface area (Å²) < 4.78 is 164. The van der Waals surface area contributed by atoms with E-state index in [1.54, 1.807) is 0 Å². The van der Waals surface area contributed by atoms with Crippen LogP contribution >= 0.6 is 39.1 Å². The summed E-state index contributed by atoms with van der Waals surface area (Å²) >= 11 is 0. The number of rotatable bonds is 44. The summed E-state index contributed by atoms with van der Waals surface area (Å²) in [5.41, 5.74) is 10.4. The predicted octanol–water partition coefficient (Wildman–Crippen LogP) is -6.45. The lowest BCUT2D eigenvalue weighted by atomic mass is 9.92. The van der Waals surface area contributed by atoms with Gasteiger partial charge in [0.1, 0.15) is 144 Å². The fourth-order valence-electron chi connectivity index (χ4n) is 11.2. The number of likely N-dealkylation sites (N-methyl/N-ethyl adjacent to an activating group) is 3. The summed E-state index contributed by atoms with van der Waals surface area (Å²) in [6.45, 7) is 10.7. The fourth-order valence-corrected chi connectivity index (χ4v) is 14.0. The Morgan fingerprint density at radius 1 is 0.429 bits per heavy atom. The number of methoxy groups -OCH3 is 5. The summed E-state index contributed by atoms with van der Waals surface area (Å²) in [5.74, 6) is -0.715. The Hall–Kier alpha value is -1.68. The van der Waals surface area contributed by atoms with Crippen LogP contribution in [0, 0.1) is 0 Å². The van der Waals surface area contributed by atoms with Crippen molar-refractivity contribution in [1.82, 2.24) is 20.4 Å². The molecule has 17 N–H and O–H groups in total. The van der Waals surface area contributed by atoms with Gasteiger partial charge in [-0.05, 0) is 69.2 Å². The van der Waals surface area contributed by atoms with Crippen LogP contribution in [0.15, 0.2) is 4.99 Å². The highest BCUT2D eigenvalue weighted by Crippen LogP contribution is 2.45. The van der Waals surface area contributed by atoms with Gasteiger partial charge in [-0.1, -0.05) is 0 Å². The SMILES string of the molecule is [B][C@@H]1O[C@H](C(C)OP(=O)(O)O)[C@@H](OC)[C@H]1OCC(=O)NC.[B][C@@H]1O[C@H](C(C)OP(=O)(O)O)[C@@H](OC)[C@H]1OCC(=O)NCCN(C)C.[B][C@@H]1O[C@H](C(C)OP(=O)(O)O)[C@@H](OC)[C@H]1OCCCO.[B][C@@H]1O[C@H](C(C)OP(=O)(O)O)[C@@H](OC)[C@H]1OCCN=C(N)N.[B][C@@H]1O[C@H](C(C)OP(=O)(O)O)[C@@H](OC)[C@H]1OCCOCCN(C)C. The number of aliphatic hydroxyl groups is 1. The molecule has 56 heteroatoms. The Labute approximate surface area is 658 Å². The number of ether oxygens (including phenoxy) is 16. The number of nitrogens with one attached hydrogen (secondary N) is 2. The molecule has 646 valence electrons. The third kappa shape index (κ3) is 42.0. The zero-order chi connectivity index (χ0) is 86.0. The summed E-state index contributed by atoms with van der Waals surface area (Å²) in [5, 5.41) is 13.8. The molecule has 5 unspecified atom stereocenters. The lowest BCUT2D eigenvalue weighted by Crippen LogP contribution is -2.43. The molecule has 0 aromatic heterocycles. The Bertz CT molecular complexity index is 2930. The number of aliphatic imine (C=N–C) groups is 1. The van der Waals surface area contributed by atoms with Crippen molar-refractivity contribution in [3.8, 4) is 0 Å². The Kier molecular flexibility index (Phi) is 51.4. The summed E-state index contributed by atoms with van der Waals surface area (Å²) in [7, 11) is 22.0. The van der Waals surface area contributed by atoms with Crippen molar-refractivity contribution in [1.29, 1.82) is 0 Å². The molecule has 0 bridgehead atoms. The first-order chi connectivity index (χ1) is 51.8. The smallest absolute Gasteiger partial charge is 0.396 e. The van der Waals surface area contributed by atoms with Crippen LogP contribution in [0.25, 0.3) is 0 Å². The lowest BCUT2D eigenvalue weighted by Gasteiger charge is -2.26. The van der Waals surface area contributed by atoms with Crippen LogP contribution in [0.2, 0.25) is 0 Å². The number of carbonyl (C=O) groups is 2. The topological polar surface area (TPSA) is 631 Å². The number of hydrogen-bond donors (Lipinski definition) is 15. The van der Waals surface area contributed by atoms with E-state index in [4.69, 9.17) is 181 Å². The van der Waals surface area contributed by atoms with E-state index in [0.29, 0.717) is 39.3 Å². The molecule has 5 saturated heterocycles. The molecular formula is C56H113B5N7O39P5. The zero-order valence-electron chi connectivity index (χ0n) is 65.1. The molecule has 5 aliphatic rings. The molecule has 2 amide bonds. The Balaban J connectivity index is 0.000000702. The normalized spacial score (nSPS) is 30.1. The van der Waals surface area contributed by atoms with Gasteiger partial charge in [0.15, 0.2) is 5.96 Å². The molecule has 0 aliphatic carbocycles. The molecule has 0 saturated carbocycles. The second kappa shape index (κ2) is 53.2. The standard InChI is InChI=1S/C13H26BN2O8P.C13H27BNO8P.C10H21BN3O7P.C10H19BNO8P.C10H20BO8P/c1-8(24-25(18,19)20)10-11(21-4)12(13(14)23-10)22-7-9(17)15-5-6-16(2)3;1-9(23-24(16,17)18)10-11(19-4)12(13(14)22-10)21-8-7-20-6-5-15(2)3;1-5(21-22(15,16)17)6-7(18-2)8(9(11)20-6)19-4-3-14-10(12)13;1-5(20-21(14,15)16)7-8(17-3)9(10(11)19-7)18-4-6(13)12-2;1-6(19-20(13,14)15)7-8(16-2)9(10(11)18-7)17-5-3-4-12/h8,10-13H,5-7H2,1-4H3,(H,15,17)(H2,18,19,20);9-13H,5-8H2,1-4H3,(H2,16,17,18);5-9H,3-4H2,1-2H3,(H4,12,13,14)(H2,15,16,17);5,7-10H,4H2,1-3H3,(H,12,13)(H2,14,15,16);6-10,12H,3-5H2,1-2H3,(H2,13,14,15)/t8?,10-,11-,12-,13-;9?,10-,11-,12-,13-;5?,6-,7-,8-,9-;5?,7-,8-,9-,10-;6?,7-,8-,9-,10-/m11111/s1. The second-order valence-corrected chi connectivity index (χ2v) is 31.5. The van der Waals surface area contributed by atoms with Gasteiger partial charge in [-0.3, -0.25) is 37.2 Å². The van der Waals surface area contributed by atoms with Crippen LogP contribution in [0.4, 0.5) is 0 Å². The maximum Gasteiger partial charge on any atom is 0.469 e. The van der Waals surface area contributed by atoms with Crippen LogP contribution in [-0.4, -0.2) is 423 Å². The molecule has 25 atom stereocenters. The van der Waals surface area contributed by atoms with E-state index in [0.717, 1.165) is 6.54 Å². The van der Waals surface area contributed by atoms with E-state index < -0.39 is 191 Å². The zero-order valence-corrected chi connectivity index (χ0v) is 69.6. The third-order valence-corrected chi connectivity index (χ3v) is 19.2. The van der Waals surface area contributed by atoms with Crippen molar-refractivity contribution in [3.63, 3.8) is 0 Å². The number of carbonyl (C=O) groups excluding carboxylic acids is 2. The van der Waals surface area contributed by atoms with Crippen LogP contribution in [-0.2, 0) is 131 Å². The highest BCUT2D eigenvalue weighted by Gasteiger charge is 2.52. The van der Waals surface area contributed by atoms with E-state index in [1.807, 2.05) is 38.0 Å². The van der Waals surface area contributed by atoms with E-state index in [-0.39, 0.29) is 57.4 Å². The van der Waals surface area contributed by atoms with Crippen molar-refractivity contribution < 1.29 is 185 Å². The van der Waals surface area contributed by atoms with E-state index in [1.165, 1.54) is 77.2 Å². The minimum absolute atomic E-state index is 0.0123. The van der Waals surface area contributed by atoms with Gasteiger partial charge in [0, 0.05) is 105 Å². The van der Waals surface area contributed by atoms with Gasteiger partial charge < -0.3 is 162 Å². The van der Waals surface area contributed by atoms with Crippen molar-refractivity contribution >= 4 is 96.1 Å². The maximum atomic E-state index is 11.8. The van der Waals surface area contributed by atoms with E-state index >= 15 is 0 Å². The van der Waals surface area contributed by atoms with Crippen molar-refractivity contribution in [2.75, 3.05) is 150 Å². The van der Waals surface area contributed by atoms with E-state index in [9.17, 15) is 32.4 Å². The minimum Gasteiger partial charge on any atom is -0.396 e. The number of amides is 2. The average Bonchev–Trinajstić information content (AvgIpc) is 1.70. The monoisotopic (exact) mass is 1720 g/mol. The lowest BCUT2D eigenvalue weighted by molar-refractivity contribution is -0.131. The molecule has 5 aliphatic heterocycles. The Morgan fingerprint density at radius 2 is 0.705 bits per heavy atom. The number of nitrogens with zero attached hydrogens (tertiary/aromatic N) is 3. The largest absolute Gasteiger partial charge is 0.469 e. The first kappa shape index (κ1) is 108. The number of phosphoric acid groups is 5. The highest BCUT2D eigenvalue weighted by molar-refractivity contribution is 7.47. The first-order valence-corrected chi connectivity index (χ1v) is 42.0. The van der Waals surface area contributed by atoms with E-state index in [2.05, 4.69) is 38.2 Å². The van der Waals surface area contributed by atoms with Gasteiger partial charge >= 0.3 is 39.1 Å². The van der Waals surface area contributed by atoms with Gasteiger partial charge in [0.25, 0.3) is 0 Å². The molecule has 5 fully saturated rings. The van der Waals surface area contributed by atoms with Gasteiger partial charge in [0.2, 0.25) is 11.8 Å². The summed E-state index contributed by atoms with van der Waals surface area (Å²) in [4.78, 5) is 119. The number of aliphatic hydroxyl groups excluding tert-OH is 1. The highest BCUT2D eigenvalue weighted by atomic mass is 31.2. The molecule has 0 aromatic rings. The first-order valence-electron chi connectivity index (χ1n) is 34.3. The minimum atomic E-state index is -4.69. The molecule has 0 aromatic carbocycles. The van der Waals surface area contributed by atoms with Crippen molar-refractivity contribution in [2.45, 2.75) is 193 Å².